The van der Waals surface area contributed by atoms with Crippen LogP contribution in [0, 0.1) is 5.82 Å². The van der Waals surface area contributed by atoms with Crippen molar-refractivity contribution in [2.24, 2.45) is 0 Å². The van der Waals surface area contributed by atoms with E-state index in [1.165, 1.54) is 24.7 Å². The zero-order chi connectivity index (χ0) is 11.3. The number of hydrogen-bond donors (Lipinski definition) is 1. The summed E-state index contributed by atoms with van der Waals surface area (Å²) >= 11 is 3.21. The third-order valence-electron chi connectivity index (χ3n) is 2.40. The van der Waals surface area contributed by atoms with Crippen molar-refractivity contribution in [2.75, 3.05) is 0 Å². The second-order valence-corrected chi connectivity index (χ2v) is 4.24. The van der Waals surface area contributed by atoms with Gasteiger partial charge >= 0.3 is 0 Å². The Morgan fingerprint density at radius 2 is 2.19 bits per heavy atom. The van der Waals surface area contributed by atoms with Gasteiger partial charge in [-0.05, 0) is 22.0 Å². The Hall–Kier alpha value is -1.69. The van der Waals surface area contributed by atoms with Crippen LogP contribution in [0.2, 0.25) is 0 Å². The largest absolute Gasteiger partial charge is 0.318 e. The first-order valence-corrected chi connectivity index (χ1v) is 5.29. The number of aromatic amines is 1. The number of fused-ring (bicyclic) bond motifs is 3. The molecule has 1 aromatic carbocycles. The van der Waals surface area contributed by atoms with Crippen LogP contribution in [0.5, 0.6) is 0 Å². The molecule has 0 aliphatic rings. The van der Waals surface area contributed by atoms with Crippen molar-refractivity contribution >= 4 is 32.5 Å². The van der Waals surface area contributed by atoms with Crippen molar-refractivity contribution < 1.29 is 4.39 Å². The van der Waals surface area contributed by atoms with Crippen LogP contribution in [-0.4, -0.2) is 14.4 Å². The quantitative estimate of drug-likeness (QED) is 0.686. The summed E-state index contributed by atoms with van der Waals surface area (Å²) < 4.78 is 15.3. The highest BCUT2D eigenvalue weighted by molar-refractivity contribution is 9.10. The fourth-order valence-corrected chi connectivity index (χ4v) is 2.23. The standard InChI is InChI=1S/C10H5BrFN3O/c11-6-1-5(12)2-7-9(6)14-10(16)8-3-13-4-15(7)8/h1-4H,(H,14,16). The van der Waals surface area contributed by atoms with Gasteiger partial charge in [0.15, 0.2) is 0 Å². The fourth-order valence-electron chi connectivity index (χ4n) is 1.71. The Kier molecular flexibility index (Phi) is 1.88. The molecule has 0 bridgehead atoms. The molecule has 0 amide bonds. The lowest BCUT2D eigenvalue weighted by molar-refractivity contribution is 0.628. The molecule has 0 unspecified atom stereocenters. The van der Waals surface area contributed by atoms with Gasteiger partial charge in [0.2, 0.25) is 0 Å². The molecule has 0 radical (unpaired) electrons. The maximum absolute atomic E-state index is 13.3. The minimum Gasteiger partial charge on any atom is -0.318 e. The molecule has 0 saturated carbocycles. The fraction of sp³-hybridized carbons (Fsp3) is 0. The molecule has 3 rings (SSSR count). The maximum Gasteiger partial charge on any atom is 0.274 e. The average Bonchev–Trinajstić information content (AvgIpc) is 2.69. The van der Waals surface area contributed by atoms with Crippen LogP contribution in [0.4, 0.5) is 4.39 Å². The topological polar surface area (TPSA) is 50.2 Å². The predicted octanol–water partition coefficient (Wildman–Crippen LogP) is 2.08. The third kappa shape index (κ3) is 1.19. The Morgan fingerprint density at radius 1 is 1.38 bits per heavy atom. The van der Waals surface area contributed by atoms with Crippen molar-refractivity contribution in [1.82, 2.24) is 14.4 Å². The van der Waals surface area contributed by atoms with E-state index in [-0.39, 0.29) is 11.4 Å². The summed E-state index contributed by atoms with van der Waals surface area (Å²) in [5.74, 6) is -0.374. The van der Waals surface area contributed by atoms with Crippen LogP contribution in [0.3, 0.4) is 0 Å². The molecule has 0 aliphatic carbocycles. The van der Waals surface area contributed by atoms with E-state index in [2.05, 4.69) is 25.9 Å². The lowest BCUT2D eigenvalue weighted by Gasteiger charge is -2.03. The van der Waals surface area contributed by atoms with Crippen molar-refractivity contribution in [2.45, 2.75) is 0 Å². The smallest absolute Gasteiger partial charge is 0.274 e. The van der Waals surface area contributed by atoms with Crippen LogP contribution in [0.25, 0.3) is 16.6 Å². The molecule has 16 heavy (non-hydrogen) atoms. The molecule has 2 heterocycles. The van der Waals surface area contributed by atoms with E-state index >= 15 is 0 Å². The average molecular weight is 282 g/mol. The molecule has 0 atom stereocenters. The summed E-state index contributed by atoms with van der Waals surface area (Å²) in [6, 6.07) is 2.66. The molecule has 0 saturated heterocycles. The summed E-state index contributed by atoms with van der Waals surface area (Å²) in [5, 5.41) is 0. The number of hydrogen-bond acceptors (Lipinski definition) is 2. The van der Waals surface area contributed by atoms with E-state index in [1.807, 2.05) is 0 Å². The molecule has 0 fully saturated rings. The summed E-state index contributed by atoms with van der Waals surface area (Å²) in [4.78, 5) is 18.2. The Balaban J connectivity index is 2.69. The van der Waals surface area contributed by atoms with Gasteiger partial charge in [-0.1, -0.05) is 0 Å². The summed E-state index contributed by atoms with van der Waals surface area (Å²) in [5.41, 5.74) is 1.26. The Morgan fingerprint density at radius 3 is 3.00 bits per heavy atom. The first-order valence-electron chi connectivity index (χ1n) is 4.50. The third-order valence-corrected chi connectivity index (χ3v) is 3.03. The molecule has 2 aromatic heterocycles. The van der Waals surface area contributed by atoms with Crippen molar-refractivity contribution in [3.8, 4) is 0 Å². The number of aromatic nitrogens is 3. The van der Waals surface area contributed by atoms with Crippen LogP contribution >= 0.6 is 15.9 Å². The first kappa shape index (κ1) is 9.53. The number of nitrogens with zero attached hydrogens (tertiary/aromatic N) is 2. The number of nitrogens with one attached hydrogen (secondary N) is 1. The van der Waals surface area contributed by atoms with Crippen molar-refractivity contribution in [3.63, 3.8) is 0 Å². The molecule has 4 nitrogen and oxygen atoms in total. The van der Waals surface area contributed by atoms with Gasteiger partial charge in [-0.25, -0.2) is 9.37 Å². The van der Waals surface area contributed by atoms with Crippen LogP contribution < -0.4 is 5.56 Å². The molecule has 0 spiro atoms. The van der Waals surface area contributed by atoms with Gasteiger partial charge < -0.3 is 4.98 Å². The van der Waals surface area contributed by atoms with Crippen molar-refractivity contribution in [1.29, 1.82) is 0 Å². The minimum atomic E-state index is -0.374. The second-order valence-electron chi connectivity index (χ2n) is 3.38. The molecule has 80 valence electrons. The van der Waals surface area contributed by atoms with Gasteiger partial charge in [-0.3, -0.25) is 9.20 Å². The zero-order valence-electron chi connectivity index (χ0n) is 7.87. The number of benzene rings is 1. The van der Waals surface area contributed by atoms with E-state index in [0.717, 1.165) is 0 Å². The van der Waals surface area contributed by atoms with Gasteiger partial charge in [-0.15, -0.1) is 0 Å². The summed E-state index contributed by atoms with van der Waals surface area (Å²) in [7, 11) is 0. The second kappa shape index (κ2) is 3.15. The van der Waals surface area contributed by atoms with E-state index in [9.17, 15) is 9.18 Å². The van der Waals surface area contributed by atoms with Crippen LogP contribution in [0.1, 0.15) is 0 Å². The highest BCUT2D eigenvalue weighted by Gasteiger charge is 2.08. The predicted molar refractivity (Wildman–Crippen MR) is 61.0 cm³/mol. The van der Waals surface area contributed by atoms with Gasteiger partial charge in [0.25, 0.3) is 5.56 Å². The van der Waals surface area contributed by atoms with Gasteiger partial charge in [0.1, 0.15) is 11.3 Å². The molecule has 6 heteroatoms. The van der Waals surface area contributed by atoms with Crippen LogP contribution in [0.15, 0.2) is 33.9 Å². The molecule has 0 aliphatic heterocycles. The Labute approximate surface area is 96.9 Å². The molecular formula is C10H5BrFN3O. The molecule has 3 aromatic rings. The van der Waals surface area contributed by atoms with Gasteiger partial charge in [0.05, 0.1) is 23.6 Å². The highest BCUT2D eigenvalue weighted by Crippen LogP contribution is 2.22. The van der Waals surface area contributed by atoms with Crippen LogP contribution in [-0.2, 0) is 0 Å². The number of H-pyrrole nitrogens is 1. The minimum absolute atomic E-state index is 0.252. The maximum atomic E-state index is 13.3. The normalized spacial score (nSPS) is 11.4. The van der Waals surface area contributed by atoms with E-state index in [4.69, 9.17) is 0 Å². The number of rotatable bonds is 0. The monoisotopic (exact) mass is 281 g/mol. The molecule has 1 N–H and O–H groups in total. The lowest BCUT2D eigenvalue weighted by atomic mass is 10.3. The van der Waals surface area contributed by atoms with Crippen molar-refractivity contribution in [3.05, 3.63) is 45.3 Å². The van der Waals surface area contributed by atoms with E-state index in [1.54, 1.807) is 4.40 Å². The van der Waals surface area contributed by atoms with E-state index < -0.39 is 0 Å². The first-order chi connectivity index (χ1) is 7.66. The molecular weight excluding hydrogens is 277 g/mol. The number of halogens is 2. The Bertz CT molecular complexity index is 762. The summed E-state index contributed by atoms with van der Waals surface area (Å²) in [6.45, 7) is 0. The summed E-state index contributed by atoms with van der Waals surface area (Å²) in [6.07, 6.45) is 2.93. The zero-order valence-corrected chi connectivity index (χ0v) is 9.45. The highest BCUT2D eigenvalue weighted by atomic mass is 79.9. The van der Waals surface area contributed by atoms with E-state index in [0.29, 0.717) is 21.0 Å². The number of imidazole rings is 1. The van der Waals surface area contributed by atoms with Gasteiger partial charge in [0, 0.05) is 10.5 Å². The SMILES string of the molecule is O=c1[nH]c2c(Br)cc(F)cc2n2cncc12. The lowest BCUT2D eigenvalue weighted by Crippen LogP contribution is -2.09. The van der Waals surface area contributed by atoms with Gasteiger partial charge in [-0.2, -0.15) is 0 Å².